The van der Waals surface area contributed by atoms with Gasteiger partial charge in [0.25, 0.3) is 5.91 Å². The summed E-state index contributed by atoms with van der Waals surface area (Å²) in [6.07, 6.45) is 2.75. The zero-order chi connectivity index (χ0) is 16.9. The second-order valence-corrected chi connectivity index (χ2v) is 6.16. The summed E-state index contributed by atoms with van der Waals surface area (Å²) >= 11 is 0. The monoisotopic (exact) mass is 328 g/mol. The molecule has 2 aromatic carbocycles. The molecule has 5 heteroatoms. The van der Waals surface area contributed by atoms with E-state index in [2.05, 4.69) is 5.32 Å². The highest BCUT2D eigenvalue weighted by Crippen LogP contribution is 2.40. The molecule has 0 saturated heterocycles. The van der Waals surface area contributed by atoms with Crippen LogP contribution in [0.4, 0.5) is 4.39 Å². The van der Waals surface area contributed by atoms with Crippen LogP contribution in [-0.2, 0) is 6.42 Å². The van der Waals surface area contributed by atoms with Gasteiger partial charge in [-0.05, 0) is 55.1 Å². The minimum absolute atomic E-state index is 0.200. The van der Waals surface area contributed by atoms with Crippen LogP contribution in [0.1, 0.15) is 40.2 Å². The summed E-state index contributed by atoms with van der Waals surface area (Å²) in [7, 11) is 0. The van der Waals surface area contributed by atoms with E-state index in [0.717, 1.165) is 31.4 Å². The zero-order valence-corrected chi connectivity index (χ0v) is 13.3. The minimum atomic E-state index is -0.475. The summed E-state index contributed by atoms with van der Waals surface area (Å²) in [6.45, 7) is 0.859. The Morgan fingerprint density at radius 3 is 2.67 bits per heavy atom. The number of carbonyl (C=O) groups is 1. The lowest BCUT2D eigenvalue weighted by molar-refractivity contribution is 0.0705. The molecule has 2 aromatic rings. The van der Waals surface area contributed by atoms with Crippen LogP contribution in [0.25, 0.3) is 0 Å². The van der Waals surface area contributed by atoms with Crippen LogP contribution in [-0.4, -0.2) is 23.7 Å². The molecule has 0 aliphatic heterocycles. The van der Waals surface area contributed by atoms with Gasteiger partial charge >= 0.3 is 0 Å². The van der Waals surface area contributed by atoms with Gasteiger partial charge in [0.2, 0.25) is 0 Å². The van der Waals surface area contributed by atoms with Gasteiger partial charge in [-0.1, -0.05) is 30.3 Å². The number of hydrogen-bond donors (Lipinski definition) is 3. The average molecular weight is 328 g/mol. The van der Waals surface area contributed by atoms with E-state index < -0.39 is 5.91 Å². The summed E-state index contributed by atoms with van der Waals surface area (Å²) in [6, 6.07) is 14.5. The van der Waals surface area contributed by atoms with Gasteiger partial charge in [0.1, 0.15) is 5.82 Å². The summed E-state index contributed by atoms with van der Waals surface area (Å²) in [5, 5.41) is 12.3. The molecule has 4 nitrogen and oxygen atoms in total. The molecule has 0 radical (unpaired) electrons. The van der Waals surface area contributed by atoms with Crippen molar-refractivity contribution < 1.29 is 14.4 Å². The largest absolute Gasteiger partial charge is 0.313 e. The fraction of sp³-hybridized carbons (Fsp3) is 0.316. The molecule has 1 saturated carbocycles. The summed E-state index contributed by atoms with van der Waals surface area (Å²) in [4.78, 5) is 11.6. The number of hydrogen-bond acceptors (Lipinski definition) is 3. The third-order valence-electron chi connectivity index (χ3n) is 4.48. The molecule has 24 heavy (non-hydrogen) atoms. The Hall–Kier alpha value is -2.24. The number of benzene rings is 2. The number of nitrogens with one attached hydrogen (secondary N) is 2. The summed E-state index contributed by atoms with van der Waals surface area (Å²) < 4.78 is 12.9. The van der Waals surface area contributed by atoms with E-state index >= 15 is 0 Å². The molecule has 0 aromatic heterocycles. The van der Waals surface area contributed by atoms with Crippen LogP contribution in [0.3, 0.4) is 0 Å². The second kappa shape index (κ2) is 7.55. The van der Waals surface area contributed by atoms with E-state index in [0.29, 0.717) is 17.5 Å². The van der Waals surface area contributed by atoms with Gasteiger partial charge in [-0.15, -0.1) is 0 Å². The number of rotatable bonds is 7. The van der Waals surface area contributed by atoms with Crippen molar-refractivity contribution in [1.82, 2.24) is 10.8 Å². The molecular formula is C19H21FN2O2. The molecule has 2 unspecified atom stereocenters. The highest BCUT2D eigenvalue weighted by atomic mass is 19.1. The first-order valence-corrected chi connectivity index (χ1v) is 8.20. The van der Waals surface area contributed by atoms with Crippen LogP contribution < -0.4 is 10.8 Å². The van der Waals surface area contributed by atoms with Crippen molar-refractivity contribution in [3.05, 3.63) is 71.0 Å². The predicted molar refractivity (Wildman–Crippen MR) is 89.6 cm³/mol. The first-order valence-electron chi connectivity index (χ1n) is 8.20. The van der Waals surface area contributed by atoms with Crippen molar-refractivity contribution in [2.45, 2.75) is 31.2 Å². The topological polar surface area (TPSA) is 61.4 Å². The first-order chi connectivity index (χ1) is 11.7. The number of amides is 1. The maximum atomic E-state index is 12.9. The van der Waals surface area contributed by atoms with E-state index in [1.54, 1.807) is 17.6 Å². The minimum Gasteiger partial charge on any atom is -0.313 e. The lowest BCUT2D eigenvalue weighted by Crippen LogP contribution is -2.22. The SMILES string of the molecule is O=C(NO)c1ccccc1CCCNC1CC1c1ccc(F)cc1. The highest BCUT2D eigenvalue weighted by molar-refractivity contribution is 5.94. The van der Waals surface area contributed by atoms with Crippen molar-refractivity contribution >= 4 is 5.91 Å². The number of aryl methyl sites for hydroxylation is 1. The van der Waals surface area contributed by atoms with Gasteiger partial charge in [0, 0.05) is 17.5 Å². The zero-order valence-electron chi connectivity index (χ0n) is 13.3. The Balaban J connectivity index is 1.44. The second-order valence-electron chi connectivity index (χ2n) is 6.16. The van der Waals surface area contributed by atoms with E-state index in [9.17, 15) is 9.18 Å². The fourth-order valence-corrected chi connectivity index (χ4v) is 3.09. The maximum Gasteiger partial charge on any atom is 0.274 e. The van der Waals surface area contributed by atoms with Gasteiger partial charge in [-0.25, -0.2) is 9.87 Å². The highest BCUT2D eigenvalue weighted by Gasteiger charge is 2.37. The summed E-state index contributed by atoms with van der Waals surface area (Å²) in [5.74, 6) is -0.204. The Kier molecular flexibility index (Phi) is 5.23. The molecule has 126 valence electrons. The molecule has 3 N–H and O–H groups in total. The van der Waals surface area contributed by atoms with E-state index in [1.165, 1.54) is 17.7 Å². The third-order valence-corrected chi connectivity index (χ3v) is 4.48. The van der Waals surface area contributed by atoms with Gasteiger partial charge in [0.05, 0.1) is 0 Å². The Morgan fingerprint density at radius 2 is 1.92 bits per heavy atom. The lowest BCUT2D eigenvalue weighted by Gasteiger charge is -2.08. The Labute approximate surface area is 140 Å². The third kappa shape index (κ3) is 3.99. The van der Waals surface area contributed by atoms with Gasteiger partial charge in [-0.3, -0.25) is 10.0 Å². The molecule has 3 rings (SSSR count). The van der Waals surface area contributed by atoms with Gasteiger partial charge < -0.3 is 5.32 Å². The molecule has 2 atom stereocenters. The number of halogens is 1. The fourth-order valence-electron chi connectivity index (χ4n) is 3.09. The van der Waals surface area contributed by atoms with Crippen molar-refractivity contribution in [2.24, 2.45) is 0 Å². The van der Waals surface area contributed by atoms with E-state index in [-0.39, 0.29) is 5.82 Å². The number of hydroxylamine groups is 1. The first kappa shape index (κ1) is 16.6. The number of carbonyl (C=O) groups excluding carboxylic acids is 1. The quantitative estimate of drug-likeness (QED) is 0.416. The smallest absolute Gasteiger partial charge is 0.274 e. The summed E-state index contributed by atoms with van der Waals surface area (Å²) in [5.41, 5.74) is 4.30. The predicted octanol–water partition coefficient (Wildman–Crippen LogP) is 3.02. The molecule has 0 bridgehead atoms. The maximum absolute atomic E-state index is 12.9. The standard InChI is InChI=1S/C19H21FN2O2/c20-15-9-7-14(8-10-15)17-12-18(17)21-11-3-5-13-4-1-2-6-16(13)19(23)22-24/h1-2,4,6-10,17-18,21,24H,3,5,11-12H2,(H,22,23). The Bertz CT molecular complexity index is 703. The van der Waals surface area contributed by atoms with Crippen molar-refractivity contribution in [2.75, 3.05) is 6.54 Å². The van der Waals surface area contributed by atoms with Crippen LogP contribution >= 0.6 is 0 Å². The molecule has 1 amide bonds. The molecule has 0 heterocycles. The van der Waals surface area contributed by atoms with Gasteiger partial charge in [-0.2, -0.15) is 0 Å². The van der Waals surface area contributed by atoms with Crippen LogP contribution in [0.2, 0.25) is 0 Å². The molecule has 1 fully saturated rings. The van der Waals surface area contributed by atoms with Gasteiger partial charge in [0.15, 0.2) is 0 Å². The normalized spacial score (nSPS) is 19.1. The molecule has 1 aliphatic carbocycles. The molecular weight excluding hydrogens is 307 g/mol. The lowest BCUT2D eigenvalue weighted by atomic mass is 10.0. The Morgan fingerprint density at radius 1 is 1.17 bits per heavy atom. The van der Waals surface area contributed by atoms with Crippen molar-refractivity contribution in [1.29, 1.82) is 0 Å². The van der Waals surface area contributed by atoms with Crippen LogP contribution in [0.5, 0.6) is 0 Å². The van der Waals surface area contributed by atoms with Crippen LogP contribution in [0.15, 0.2) is 48.5 Å². The average Bonchev–Trinajstić information content (AvgIpc) is 3.38. The molecule has 0 spiro atoms. The molecule has 1 aliphatic rings. The van der Waals surface area contributed by atoms with Crippen molar-refractivity contribution in [3.8, 4) is 0 Å². The van der Waals surface area contributed by atoms with E-state index in [4.69, 9.17) is 5.21 Å². The van der Waals surface area contributed by atoms with E-state index in [1.807, 2.05) is 24.3 Å². The van der Waals surface area contributed by atoms with Crippen LogP contribution in [0, 0.1) is 5.82 Å². The van der Waals surface area contributed by atoms with Crippen molar-refractivity contribution in [3.63, 3.8) is 0 Å².